The number of pyridine rings is 2. The molecule has 2 bridgehead atoms. The van der Waals surface area contributed by atoms with Gasteiger partial charge < -0.3 is 11.1 Å². The maximum Gasteiger partial charge on any atom is 0.229 e. The topological polar surface area (TPSA) is 80.9 Å². The number of fused-ring (bicyclic) bond motifs is 3. The third kappa shape index (κ3) is 3.01. The summed E-state index contributed by atoms with van der Waals surface area (Å²) in [5.41, 5.74) is 7.85. The van der Waals surface area contributed by atoms with Crippen LogP contribution in [0.3, 0.4) is 0 Å². The monoisotopic (exact) mass is 354 g/mol. The van der Waals surface area contributed by atoms with Gasteiger partial charge in [0.25, 0.3) is 0 Å². The number of halogens is 2. The van der Waals surface area contributed by atoms with Crippen molar-refractivity contribution in [3.8, 4) is 0 Å². The van der Waals surface area contributed by atoms with Gasteiger partial charge >= 0.3 is 0 Å². The summed E-state index contributed by atoms with van der Waals surface area (Å²) in [6.45, 7) is 0. The third-order valence-corrected chi connectivity index (χ3v) is 5.08. The lowest BCUT2D eigenvalue weighted by Crippen LogP contribution is -2.42. The van der Waals surface area contributed by atoms with Crippen LogP contribution < -0.4 is 11.1 Å². The van der Waals surface area contributed by atoms with Crippen LogP contribution in [0.4, 0.5) is 5.69 Å². The van der Waals surface area contributed by atoms with Crippen molar-refractivity contribution in [1.82, 2.24) is 9.97 Å². The summed E-state index contributed by atoms with van der Waals surface area (Å²) in [7, 11) is 0. The molecule has 2 saturated carbocycles. The first-order valence-electron chi connectivity index (χ1n) is 7.49. The van der Waals surface area contributed by atoms with Crippen LogP contribution >= 0.6 is 24.8 Å². The molecule has 2 heterocycles. The number of nitrogens with one attached hydrogen (secondary N) is 1. The summed E-state index contributed by atoms with van der Waals surface area (Å²) in [5, 5.41) is 3.91. The van der Waals surface area contributed by atoms with Crippen LogP contribution in [-0.4, -0.2) is 21.9 Å². The van der Waals surface area contributed by atoms with Gasteiger partial charge in [-0.25, -0.2) is 0 Å². The van der Waals surface area contributed by atoms with Crippen molar-refractivity contribution < 1.29 is 4.79 Å². The molecule has 4 unspecified atom stereocenters. The number of nitrogens with two attached hydrogens (primary N) is 1. The van der Waals surface area contributed by atoms with E-state index in [2.05, 4.69) is 15.3 Å². The molecule has 0 aromatic carbocycles. The average molecular weight is 355 g/mol. The third-order valence-electron chi connectivity index (χ3n) is 5.08. The lowest BCUT2D eigenvalue weighted by Gasteiger charge is -2.27. The van der Waals surface area contributed by atoms with Gasteiger partial charge in [-0.3, -0.25) is 14.8 Å². The summed E-state index contributed by atoms with van der Waals surface area (Å²) in [5.74, 6) is 0.979. The van der Waals surface area contributed by atoms with E-state index in [4.69, 9.17) is 5.73 Å². The molecule has 0 saturated heterocycles. The maximum absolute atomic E-state index is 12.6. The number of carbonyl (C=O) groups excluding carboxylic acids is 1. The lowest BCUT2D eigenvalue weighted by molar-refractivity contribution is -0.121. The Bertz CT molecular complexity index is 704. The number of anilines is 1. The molecule has 4 atom stereocenters. The molecule has 0 spiro atoms. The van der Waals surface area contributed by atoms with Crippen LogP contribution in [0.25, 0.3) is 10.9 Å². The predicted molar refractivity (Wildman–Crippen MR) is 95.0 cm³/mol. The van der Waals surface area contributed by atoms with Crippen LogP contribution in [0.1, 0.15) is 19.3 Å². The molecule has 23 heavy (non-hydrogen) atoms. The minimum Gasteiger partial charge on any atom is -0.327 e. The Kier molecular flexibility index (Phi) is 5.45. The Balaban J connectivity index is 0.000000960. The van der Waals surface area contributed by atoms with Gasteiger partial charge in [0.15, 0.2) is 0 Å². The maximum atomic E-state index is 12.6. The molecule has 2 aliphatic carbocycles. The number of rotatable bonds is 2. The molecule has 2 fully saturated rings. The molecule has 0 radical (unpaired) electrons. The highest BCUT2D eigenvalue weighted by Gasteiger charge is 2.49. The van der Waals surface area contributed by atoms with Crippen molar-refractivity contribution in [3.63, 3.8) is 0 Å². The highest BCUT2D eigenvalue weighted by atomic mass is 35.5. The highest BCUT2D eigenvalue weighted by molar-refractivity contribution is 6.01. The molecule has 124 valence electrons. The fourth-order valence-corrected chi connectivity index (χ4v) is 4.04. The van der Waals surface area contributed by atoms with Crippen molar-refractivity contribution >= 4 is 47.3 Å². The van der Waals surface area contributed by atoms with Gasteiger partial charge in [-0.1, -0.05) is 0 Å². The quantitative estimate of drug-likeness (QED) is 0.868. The second-order valence-corrected chi connectivity index (χ2v) is 6.18. The van der Waals surface area contributed by atoms with Gasteiger partial charge in [0, 0.05) is 30.0 Å². The Labute approximate surface area is 147 Å². The van der Waals surface area contributed by atoms with Crippen LogP contribution in [-0.2, 0) is 4.79 Å². The number of hydrogen-bond acceptors (Lipinski definition) is 4. The number of nitrogens with zero attached hydrogens (tertiary/aromatic N) is 2. The van der Waals surface area contributed by atoms with E-state index < -0.39 is 0 Å². The molecular formula is C16H20Cl2N4O. The lowest BCUT2D eigenvalue weighted by atomic mass is 9.84. The van der Waals surface area contributed by atoms with Gasteiger partial charge in [-0.2, -0.15) is 0 Å². The number of carbonyl (C=O) groups is 1. The van der Waals surface area contributed by atoms with Crippen LogP contribution in [0, 0.1) is 17.8 Å². The molecule has 2 aliphatic rings. The molecule has 2 aromatic rings. The first kappa shape index (κ1) is 17.9. The molecule has 3 N–H and O–H groups in total. The zero-order valence-electron chi connectivity index (χ0n) is 12.5. The van der Waals surface area contributed by atoms with Crippen molar-refractivity contribution in [3.05, 3.63) is 30.7 Å². The van der Waals surface area contributed by atoms with Gasteiger partial charge in [-0.05, 0) is 43.2 Å². The number of hydrogen-bond donors (Lipinski definition) is 2. The average Bonchev–Trinajstić information content (AvgIpc) is 3.08. The van der Waals surface area contributed by atoms with Crippen molar-refractivity contribution in [2.24, 2.45) is 23.5 Å². The fraction of sp³-hybridized carbons (Fsp3) is 0.438. The van der Waals surface area contributed by atoms with Gasteiger partial charge in [0.1, 0.15) is 0 Å². The van der Waals surface area contributed by atoms with E-state index in [1.807, 2.05) is 12.1 Å². The van der Waals surface area contributed by atoms with Gasteiger partial charge in [0.05, 0.1) is 17.1 Å². The molecule has 0 aliphatic heterocycles. The molecule has 7 heteroatoms. The fourth-order valence-electron chi connectivity index (χ4n) is 4.04. The smallest absolute Gasteiger partial charge is 0.229 e. The van der Waals surface area contributed by atoms with Crippen LogP contribution in [0.2, 0.25) is 0 Å². The molecule has 4 rings (SSSR count). The van der Waals surface area contributed by atoms with Crippen LogP contribution in [0.15, 0.2) is 30.7 Å². The van der Waals surface area contributed by atoms with E-state index in [0.29, 0.717) is 11.8 Å². The zero-order valence-corrected chi connectivity index (χ0v) is 14.1. The largest absolute Gasteiger partial charge is 0.327 e. The standard InChI is InChI=1S/C16H18N4O.2ClH/c17-15-10-2-1-9(7-10)14(15)16(21)20-13-4-6-19-12-3-5-18-8-11(12)13;;/h3-6,8-10,14-15H,1-2,7,17H2,(H,19,20,21);2*1H. The van der Waals surface area contributed by atoms with Gasteiger partial charge in [-0.15, -0.1) is 24.8 Å². The predicted octanol–water partition coefficient (Wildman–Crippen LogP) is 2.79. The second-order valence-electron chi connectivity index (χ2n) is 6.18. The van der Waals surface area contributed by atoms with E-state index in [1.165, 1.54) is 6.42 Å². The number of amides is 1. The Hall–Kier alpha value is -1.43. The summed E-state index contributed by atoms with van der Waals surface area (Å²) in [6, 6.07) is 3.67. The first-order valence-corrected chi connectivity index (χ1v) is 7.49. The zero-order chi connectivity index (χ0) is 14.4. The minimum atomic E-state index is -0.0522. The minimum absolute atomic E-state index is 0. The van der Waals surface area contributed by atoms with E-state index >= 15 is 0 Å². The molecule has 5 nitrogen and oxygen atoms in total. The SMILES string of the molecule is Cl.Cl.NC1C2CCC(C2)C1C(=O)Nc1ccnc2ccncc12. The Morgan fingerprint density at radius 2 is 1.96 bits per heavy atom. The van der Waals surface area contributed by atoms with Gasteiger partial charge in [0.2, 0.25) is 5.91 Å². The van der Waals surface area contributed by atoms with Crippen molar-refractivity contribution in [2.45, 2.75) is 25.3 Å². The van der Waals surface area contributed by atoms with Crippen LogP contribution in [0.5, 0.6) is 0 Å². The molecule has 1 amide bonds. The van der Waals surface area contributed by atoms with E-state index in [0.717, 1.165) is 29.4 Å². The summed E-state index contributed by atoms with van der Waals surface area (Å²) >= 11 is 0. The van der Waals surface area contributed by atoms with E-state index in [-0.39, 0.29) is 42.7 Å². The normalized spacial score (nSPS) is 28.0. The molecular weight excluding hydrogens is 335 g/mol. The summed E-state index contributed by atoms with van der Waals surface area (Å²) < 4.78 is 0. The summed E-state index contributed by atoms with van der Waals surface area (Å²) in [4.78, 5) is 21.0. The Morgan fingerprint density at radius 1 is 1.17 bits per heavy atom. The van der Waals surface area contributed by atoms with E-state index in [1.54, 1.807) is 18.6 Å². The first-order chi connectivity index (χ1) is 10.2. The number of aromatic nitrogens is 2. The Morgan fingerprint density at radius 3 is 2.70 bits per heavy atom. The van der Waals surface area contributed by atoms with E-state index in [9.17, 15) is 4.79 Å². The highest BCUT2D eigenvalue weighted by Crippen LogP contribution is 2.48. The van der Waals surface area contributed by atoms with Crippen molar-refractivity contribution in [2.75, 3.05) is 5.32 Å². The second kappa shape index (κ2) is 6.99. The molecule has 2 aromatic heterocycles. The summed E-state index contributed by atoms with van der Waals surface area (Å²) in [6.07, 6.45) is 8.56. The van der Waals surface area contributed by atoms with Crippen molar-refractivity contribution in [1.29, 1.82) is 0 Å².